The highest BCUT2D eigenvalue weighted by molar-refractivity contribution is 6.31. The van der Waals surface area contributed by atoms with Crippen LogP contribution in [0.15, 0.2) is 18.2 Å². The lowest BCUT2D eigenvalue weighted by atomic mass is 10.1. The van der Waals surface area contributed by atoms with E-state index in [0.29, 0.717) is 19.4 Å². The van der Waals surface area contributed by atoms with Gasteiger partial charge >= 0.3 is 12.2 Å². The number of nitrogens with one attached hydrogen (secondary N) is 1. The zero-order chi connectivity index (χ0) is 15.6. The molecule has 116 valence electrons. The minimum Gasteiger partial charge on any atom is -0.391 e. The number of amides is 2. The molecule has 1 aromatic carbocycles. The van der Waals surface area contributed by atoms with Gasteiger partial charge in [0.2, 0.25) is 0 Å². The van der Waals surface area contributed by atoms with Crippen LogP contribution in [0.1, 0.15) is 18.4 Å². The Labute approximate surface area is 124 Å². The number of β-amino-alcohol motifs (C(OH)–C–C–N with tert-alkyl or cyclic N) is 1. The topological polar surface area (TPSA) is 52.6 Å². The first-order chi connectivity index (χ1) is 9.77. The standard InChI is InChI=1S/C13H14ClF3N2O2/c14-11-4-3-8(6-10(11)13(15,16)17)18-12(21)19-5-1-2-9(20)7-19/h3-4,6,9,20H,1-2,5,7H2,(H,18,21)/t9-/m1/s1. The van der Waals surface area contributed by atoms with E-state index in [1.54, 1.807) is 0 Å². The van der Waals surface area contributed by atoms with Crippen molar-refractivity contribution in [2.24, 2.45) is 0 Å². The molecule has 0 saturated carbocycles. The van der Waals surface area contributed by atoms with Gasteiger partial charge in [-0.05, 0) is 31.0 Å². The number of likely N-dealkylation sites (tertiary alicyclic amines) is 1. The van der Waals surface area contributed by atoms with Gasteiger partial charge in [-0.1, -0.05) is 11.6 Å². The maximum Gasteiger partial charge on any atom is 0.417 e. The number of carbonyl (C=O) groups is 1. The fraction of sp³-hybridized carbons (Fsp3) is 0.462. The highest BCUT2D eigenvalue weighted by Gasteiger charge is 2.33. The largest absolute Gasteiger partial charge is 0.417 e. The third-order valence-corrected chi connectivity index (χ3v) is 3.54. The number of urea groups is 1. The molecule has 2 amide bonds. The summed E-state index contributed by atoms with van der Waals surface area (Å²) in [7, 11) is 0. The van der Waals surface area contributed by atoms with E-state index >= 15 is 0 Å². The SMILES string of the molecule is O=C(Nc1ccc(Cl)c(C(F)(F)F)c1)N1CCC[C@@H](O)C1. The number of anilines is 1. The molecule has 0 spiro atoms. The molecule has 1 aliphatic heterocycles. The lowest BCUT2D eigenvalue weighted by Crippen LogP contribution is -2.44. The fourth-order valence-corrected chi connectivity index (χ4v) is 2.39. The Morgan fingerprint density at radius 3 is 2.76 bits per heavy atom. The molecule has 21 heavy (non-hydrogen) atoms. The number of piperidine rings is 1. The van der Waals surface area contributed by atoms with Crippen molar-refractivity contribution in [3.05, 3.63) is 28.8 Å². The summed E-state index contributed by atoms with van der Waals surface area (Å²) < 4.78 is 38.2. The fourth-order valence-electron chi connectivity index (χ4n) is 2.16. The van der Waals surface area contributed by atoms with Gasteiger partial charge in [0.25, 0.3) is 0 Å². The molecule has 8 heteroatoms. The first-order valence-electron chi connectivity index (χ1n) is 6.38. The number of halogens is 4. The van der Waals surface area contributed by atoms with Crippen molar-refractivity contribution >= 4 is 23.3 Å². The van der Waals surface area contributed by atoms with Gasteiger partial charge in [0.1, 0.15) is 0 Å². The van der Waals surface area contributed by atoms with E-state index in [2.05, 4.69) is 5.32 Å². The van der Waals surface area contributed by atoms with Crippen LogP contribution in [-0.4, -0.2) is 35.2 Å². The van der Waals surface area contributed by atoms with Crippen LogP contribution in [-0.2, 0) is 6.18 Å². The quantitative estimate of drug-likeness (QED) is 0.833. The molecule has 4 nitrogen and oxygen atoms in total. The predicted octanol–water partition coefficient (Wildman–Crippen LogP) is 3.35. The summed E-state index contributed by atoms with van der Waals surface area (Å²) in [5.41, 5.74) is -0.988. The third kappa shape index (κ3) is 4.01. The number of hydrogen-bond acceptors (Lipinski definition) is 2. The molecule has 1 aromatic rings. The number of benzene rings is 1. The second-order valence-electron chi connectivity index (χ2n) is 4.86. The lowest BCUT2D eigenvalue weighted by Gasteiger charge is -2.30. The number of hydrogen-bond donors (Lipinski definition) is 2. The van der Waals surface area contributed by atoms with Crippen molar-refractivity contribution in [2.75, 3.05) is 18.4 Å². The Balaban J connectivity index is 2.11. The van der Waals surface area contributed by atoms with E-state index in [0.717, 1.165) is 12.1 Å². The van der Waals surface area contributed by atoms with Crippen molar-refractivity contribution < 1.29 is 23.1 Å². The van der Waals surface area contributed by atoms with Crippen LogP contribution in [0.4, 0.5) is 23.7 Å². The predicted molar refractivity (Wildman–Crippen MR) is 72.3 cm³/mol. The number of aliphatic hydroxyl groups excluding tert-OH is 1. The summed E-state index contributed by atoms with van der Waals surface area (Å²) in [5, 5.41) is 11.5. The number of aliphatic hydroxyl groups is 1. The molecule has 1 aliphatic rings. The summed E-state index contributed by atoms with van der Waals surface area (Å²) in [4.78, 5) is 13.3. The van der Waals surface area contributed by atoms with Crippen molar-refractivity contribution in [1.82, 2.24) is 4.90 Å². The normalized spacial score (nSPS) is 19.5. The Morgan fingerprint density at radius 1 is 1.43 bits per heavy atom. The van der Waals surface area contributed by atoms with Crippen LogP contribution in [0.5, 0.6) is 0 Å². The van der Waals surface area contributed by atoms with E-state index in [1.807, 2.05) is 0 Å². The van der Waals surface area contributed by atoms with E-state index in [9.17, 15) is 23.1 Å². The van der Waals surface area contributed by atoms with Crippen molar-refractivity contribution in [3.8, 4) is 0 Å². The van der Waals surface area contributed by atoms with Crippen molar-refractivity contribution in [2.45, 2.75) is 25.1 Å². The average molecular weight is 323 g/mol. The smallest absolute Gasteiger partial charge is 0.391 e. The minimum absolute atomic E-state index is 0.0109. The Morgan fingerprint density at radius 2 is 2.14 bits per heavy atom. The molecule has 2 rings (SSSR count). The summed E-state index contributed by atoms with van der Waals surface area (Å²) >= 11 is 5.51. The minimum atomic E-state index is -4.58. The van der Waals surface area contributed by atoms with Crippen LogP contribution >= 0.6 is 11.6 Å². The average Bonchev–Trinajstić information content (AvgIpc) is 2.39. The summed E-state index contributed by atoms with van der Waals surface area (Å²) in [6.45, 7) is 0.633. The highest BCUT2D eigenvalue weighted by atomic mass is 35.5. The maximum atomic E-state index is 12.7. The van der Waals surface area contributed by atoms with Crippen LogP contribution in [0, 0.1) is 0 Å². The van der Waals surface area contributed by atoms with Gasteiger partial charge in [0, 0.05) is 18.8 Å². The zero-order valence-corrected chi connectivity index (χ0v) is 11.7. The van der Waals surface area contributed by atoms with E-state index in [4.69, 9.17) is 11.6 Å². The molecule has 1 fully saturated rings. The van der Waals surface area contributed by atoms with Gasteiger partial charge < -0.3 is 15.3 Å². The van der Waals surface area contributed by atoms with E-state index < -0.39 is 28.9 Å². The third-order valence-electron chi connectivity index (χ3n) is 3.21. The molecule has 1 heterocycles. The Bertz CT molecular complexity index is 537. The molecule has 0 bridgehead atoms. The van der Waals surface area contributed by atoms with E-state index in [1.165, 1.54) is 11.0 Å². The molecular formula is C13H14ClF3N2O2. The Kier molecular flexibility index (Phi) is 4.63. The highest BCUT2D eigenvalue weighted by Crippen LogP contribution is 2.36. The lowest BCUT2D eigenvalue weighted by molar-refractivity contribution is -0.137. The maximum absolute atomic E-state index is 12.7. The van der Waals surface area contributed by atoms with Crippen molar-refractivity contribution in [1.29, 1.82) is 0 Å². The summed E-state index contributed by atoms with van der Waals surface area (Å²) in [5.74, 6) is 0. The van der Waals surface area contributed by atoms with Gasteiger partial charge in [-0.15, -0.1) is 0 Å². The summed E-state index contributed by atoms with van der Waals surface area (Å²) in [6.07, 6.45) is -3.91. The van der Waals surface area contributed by atoms with Crippen LogP contribution in [0.2, 0.25) is 5.02 Å². The molecule has 0 aromatic heterocycles. The molecule has 2 N–H and O–H groups in total. The second-order valence-corrected chi connectivity index (χ2v) is 5.27. The molecule has 0 unspecified atom stereocenters. The number of nitrogens with zero attached hydrogens (tertiary/aromatic N) is 1. The molecule has 0 aliphatic carbocycles. The van der Waals surface area contributed by atoms with Gasteiger partial charge in [0.05, 0.1) is 16.7 Å². The number of alkyl halides is 3. The van der Waals surface area contributed by atoms with Gasteiger partial charge in [-0.25, -0.2) is 4.79 Å². The number of carbonyl (C=O) groups excluding carboxylic acids is 1. The summed E-state index contributed by atoms with van der Waals surface area (Å²) in [6, 6.07) is 2.64. The zero-order valence-electron chi connectivity index (χ0n) is 11.0. The number of rotatable bonds is 1. The monoisotopic (exact) mass is 322 g/mol. The molecule has 0 radical (unpaired) electrons. The first-order valence-corrected chi connectivity index (χ1v) is 6.76. The molecule has 1 atom stereocenters. The van der Waals surface area contributed by atoms with Gasteiger partial charge in [0.15, 0.2) is 0 Å². The second kappa shape index (κ2) is 6.11. The van der Waals surface area contributed by atoms with Gasteiger partial charge in [-0.2, -0.15) is 13.2 Å². The molecule has 1 saturated heterocycles. The first kappa shape index (κ1) is 15.9. The van der Waals surface area contributed by atoms with Gasteiger partial charge in [-0.3, -0.25) is 0 Å². The Hall–Kier alpha value is -1.47. The van der Waals surface area contributed by atoms with Crippen molar-refractivity contribution in [3.63, 3.8) is 0 Å². The van der Waals surface area contributed by atoms with Crippen LogP contribution < -0.4 is 5.32 Å². The van der Waals surface area contributed by atoms with E-state index in [-0.39, 0.29) is 12.2 Å². The van der Waals surface area contributed by atoms with Crippen LogP contribution in [0.25, 0.3) is 0 Å². The van der Waals surface area contributed by atoms with Crippen LogP contribution in [0.3, 0.4) is 0 Å². The molecular weight excluding hydrogens is 309 g/mol.